The van der Waals surface area contributed by atoms with Gasteiger partial charge in [-0.25, -0.2) is 0 Å². The Hall–Kier alpha value is -1.85. The molecule has 0 aliphatic rings. The molecule has 0 saturated heterocycles. The van der Waals surface area contributed by atoms with Crippen LogP contribution in [0.5, 0.6) is 11.5 Å². The van der Waals surface area contributed by atoms with Crippen molar-refractivity contribution in [2.75, 3.05) is 0 Å². The van der Waals surface area contributed by atoms with Crippen LogP contribution in [0.2, 0.25) is 0 Å². The average molecular weight is 338 g/mol. The van der Waals surface area contributed by atoms with Crippen LogP contribution < -0.4 is 5.30 Å². The fraction of sp³-hybridized carbons (Fsp3) is 0.250. The molecule has 0 heterocycles. The average Bonchev–Trinajstić information content (AvgIpc) is 2.46. The van der Waals surface area contributed by atoms with Crippen molar-refractivity contribution in [1.82, 2.24) is 0 Å². The molecule has 0 aliphatic heterocycles. The SMILES string of the molecule is CCC(c1cccc(O)c1)C(O)c1c(O)cccc1P(=O)(O)O. The monoisotopic (exact) mass is 338 g/mol. The molecule has 0 fully saturated rings. The minimum Gasteiger partial charge on any atom is -0.508 e. The molecular formula is C16H19O6P. The summed E-state index contributed by atoms with van der Waals surface area (Å²) in [6.45, 7) is 1.80. The summed E-state index contributed by atoms with van der Waals surface area (Å²) in [7, 11) is -4.66. The predicted octanol–water partition coefficient (Wildman–Crippen LogP) is 2.13. The molecule has 0 aromatic heterocycles. The van der Waals surface area contributed by atoms with Gasteiger partial charge in [-0.2, -0.15) is 0 Å². The Morgan fingerprint density at radius 2 is 1.74 bits per heavy atom. The van der Waals surface area contributed by atoms with Gasteiger partial charge in [0.2, 0.25) is 0 Å². The van der Waals surface area contributed by atoms with Gasteiger partial charge in [0.15, 0.2) is 0 Å². The van der Waals surface area contributed by atoms with Crippen LogP contribution in [0.25, 0.3) is 0 Å². The van der Waals surface area contributed by atoms with Crippen LogP contribution in [0.1, 0.15) is 36.5 Å². The molecule has 2 aromatic rings. The zero-order valence-electron chi connectivity index (χ0n) is 12.5. The van der Waals surface area contributed by atoms with E-state index in [0.717, 1.165) is 0 Å². The molecule has 7 heteroatoms. The maximum absolute atomic E-state index is 11.6. The van der Waals surface area contributed by atoms with Gasteiger partial charge in [0.1, 0.15) is 11.5 Å². The maximum atomic E-state index is 11.6. The minimum atomic E-state index is -4.66. The van der Waals surface area contributed by atoms with Crippen molar-refractivity contribution in [2.45, 2.75) is 25.4 Å². The Balaban J connectivity index is 2.55. The van der Waals surface area contributed by atoms with E-state index < -0.39 is 24.9 Å². The molecule has 0 spiro atoms. The number of phenols is 2. The second-order valence-electron chi connectivity index (χ2n) is 5.31. The Labute approximate surface area is 133 Å². The molecular weight excluding hydrogens is 319 g/mol. The second kappa shape index (κ2) is 6.72. The summed E-state index contributed by atoms with van der Waals surface area (Å²) >= 11 is 0. The molecule has 0 radical (unpaired) electrons. The third-order valence-electron chi connectivity index (χ3n) is 3.79. The van der Waals surface area contributed by atoms with E-state index in [-0.39, 0.29) is 17.1 Å². The van der Waals surface area contributed by atoms with E-state index in [0.29, 0.717) is 12.0 Å². The topological polar surface area (TPSA) is 118 Å². The summed E-state index contributed by atoms with van der Waals surface area (Å²) in [5.41, 5.74) is 0.427. The molecule has 124 valence electrons. The van der Waals surface area contributed by atoms with Crippen LogP contribution in [-0.2, 0) is 4.57 Å². The van der Waals surface area contributed by atoms with Gasteiger partial charge >= 0.3 is 7.60 Å². The predicted molar refractivity (Wildman–Crippen MR) is 85.9 cm³/mol. The van der Waals surface area contributed by atoms with Gasteiger partial charge in [-0.1, -0.05) is 25.1 Å². The van der Waals surface area contributed by atoms with Crippen molar-refractivity contribution in [3.8, 4) is 11.5 Å². The van der Waals surface area contributed by atoms with Gasteiger partial charge in [0.25, 0.3) is 0 Å². The summed E-state index contributed by atoms with van der Waals surface area (Å²) in [6, 6.07) is 10.1. The van der Waals surface area contributed by atoms with E-state index in [1.54, 1.807) is 19.1 Å². The molecule has 0 amide bonds. The van der Waals surface area contributed by atoms with Crippen LogP contribution in [-0.4, -0.2) is 25.1 Å². The Morgan fingerprint density at radius 3 is 2.30 bits per heavy atom. The van der Waals surface area contributed by atoms with Crippen LogP contribution in [0.3, 0.4) is 0 Å². The highest BCUT2D eigenvalue weighted by Crippen LogP contribution is 2.43. The summed E-state index contributed by atoms with van der Waals surface area (Å²) in [4.78, 5) is 18.9. The van der Waals surface area contributed by atoms with Gasteiger partial charge in [-0.15, -0.1) is 0 Å². The number of aliphatic hydroxyl groups is 1. The first kappa shape index (κ1) is 17.5. The van der Waals surface area contributed by atoms with Gasteiger partial charge in [0.05, 0.1) is 11.4 Å². The van der Waals surface area contributed by atoms with Crippen molar-refractivity contribution in [3.05, 3.63) is 53.6 Å². The van der Waals surface area contributed by atoms with Crippen molar-refractivity contribution >= 4 is 12.9 Å². The number of phenolic OH excluding ortho intramolecular Hbond substituents is 2. The molecule has 5 N–H and O–H groups in total. The summed E-state index contributed by atoms with van der Waals surface area (Å²) in [5.74, 6) is -0.890. The Bertz CT molecular complexity index is 739. The van der Waals surface area contributed by atoms with Crippen molar-refractivity contribution in [2.24, 2.45) is 0 Å². The molecule has 0 saturated carbocycles. The third kappa shape index (κ3) is 3.74. The highest BCUT2D eigenvalue weighted by Gasteiger charge is 2.32. The van der Waals surface area contributed by atoms with E-state index in [9.17, 15) is 29.7 Å². The van der Waals surface area contributed by atoms with Gasteiger partial charge in [0, 0.05) is 11.5 Å². The first-order valence-electron chi connectivity index (χ1n) is 7.10. The minimum absolute atomic E-state index is 0.0284. The van der Waals surface area contributed by atoms with Crippen molar-refractivity contribution in [3.63, 3.8) is 0 Å². The molecule has 0 bridgehead atoms. The fourth-order valence-corrected chi connectivity index (χ4v) is 3.54. The van der Waals surface area contributed by atoms with Gasteiger partial charge in [-0.3, -0.25) is 4.57 Å². The van der Waals surface area contributed by atoms with Gasteiger partial charge in [-0.05, 0) is 36.2 Å². The van der Waals surface area contributed by atoms with Gasteiger partial charge < -0.3 is 25.1 Å². The number of rotatable bonds is 5. The molecule has 23 heavy (non-hydrogen) atoms. The van der Waals surface area contributed by atoms with E-state index in [1.807, 2.05) is 0 Å². The first-order valence-corrected chi connectivity index (χ1v) is 8.72. The van der Waals surface area contributed by atoms with Crippen molar-refractivity contribution in [1.29, 1.82) is 0 Å². The lowest BCUT2D eigenvalue weighted by molar-refractivity contribution is 0.140. The van der Waals surface area contributed by atoms with Crippen LogP contribution in [0.15, 0.2) is 42.5 Å². The molecule has 2 unspecified atom stereocenters. The zero-order chi connectivity index (χ0) is 17.2. The molecule has 2 atom stereocenters. The summed E-state index contributed by atoms with van der Waals surface area (Å²) in [6.07, 6.45) is -0.884. The van der Waals surface area contributed by atoms with Crippen LogP contribution in [0, 0.1) is 0 Å². The van der Waals surface area contributed by atoms with Crippen molar-refractivity contribution < 1.29 is 29.7 Å². The van der Waals surface area contributed by atoms with Crippen LogP contribution in [0.4, 0.5) is 0 Å². The summed E-state index contributed by atoms with van der Waals surface area (Å²) in [5, 5.41) is 29.9. The Kier molecular flexibility index (Phi) is 5.12. The molecule has 0 aliphatic carbocycles. The number of hydrogen-bond acceptors (Lipinski definition) is 4. The van der Waals surface area contributed by atoms with E-state index >= 15 is 0 Å². The lowest BCUT2D eigenvalue weighted by Crippen LogP contribution is -2.19. The lowest BCUT2D eigenvalue weighted by Gasteiger charge is -2.25. The normalized spacial score (nSPS) is 14.4. The highest BCUT2D eigenvalue weighted by atomic mass is 31.2. The maximum Gasteiger partial charge on any atom is 0.356 e. The third-order valence-corrected chi connectivity index (χ3v) is 4.81. The lowest BCUT2D eigenvalue weighted by atomic mass is 9.86. The van der Waals surface area contributed by atoms with E-state index in [1.165, 1.54) is 30.3 Å². The largest absolute Gasteiger partial charge is 0.508 e. The zero-order valence-corrected chi connectivity index (χ0v) is 13.4. The molecule has 2 rings (SSSR count). The smallest absolute Gasteiger partial charge is 0.356 e. The number of benzene rings is 2. The molecule has 6 nitrogen and oxygen atoms in total. The number of aliphatic hydroxyl groups excluding tert-OH is 1. The molecule has 2 aromatic carbocycles. The standard InChI is InChI=1S/C16H19O6P/c1-2-12(10-5-3-6-11(17)9-10)16(19)15-13(18)7-4-8-14(15)23(20,21)22/h3-9,12,16-19H,2H2,1H3,(H2,20,21,22). The summed E-state index contributed by atoms with van der Waals surface area (Å²) < 4.78 is 11.6. The highest BCUT2D eigenvalue weighted by molar-refractivity contribution is 7.60. The second-order valence-corrected chi connectivity index (χ2v) is 6.88. The van der Waals surface area contributed by atoms with E-state index in [2.05, 4.69) is 0 Å². The first-order chi connectivity index (χ1) is 10.8. The van der Waals surface area contributed by atoms with E-state index in [4.69, 9.17) is 0 Å². The number of aromatic hydroxyl groups is 2. The fourth-order valence-electron chi connectivity index (χ4n) is 2.70. The number of hydrogen-bond donors (Lipinski definition) is 5. The quantitative estimate of drug-likeness (QED) is 0.533. The van der Waals surface area contributed by atoms with Crippen LogP contribution >= 0.6 is 7.60 Å². The Morgan fingerprint density at radius 1 is 1.09 bits per heavy atom.